The molecule has 0 atom stereocenters. The minimum absolute atomic E-state index is 0.0486. The Hall–Kier alpha value is -2.95. The molecule has 4 nitrogen and oxygen atoms in total. The van der Waals surface area contributed by atoms with Gasteiger partial charge >= 0.3 is 0 Å². The van der Waals surface area contributed by atoms with Crippen molar-refractivity contribution >= 4 is 28.2 Å². The van der Waals surface area contributed by atoms with Crippen molar-refractivity contribution in [3.8, 4) is 0 Å². The van der Waals surface area contributed by atoms with Crippen LogP contribution in [0.4, 0.5) is 15.8 Å². The lowest BCUT2D eigenvalue weighted by Gasteiger charge is -2.27. The molecular formula is C23H24FN3O. The largest absolute Gasteiger partial charge is 0.354 e. The summed E-state index contributed by atoms with van der Waals surface area (Å²) in [6, 6.07) is 12.5. The SMILES string of the molecule is CCc1cccc(Nc2c(C(=O)N3CCCCC3)cnc3ccc(F)cc23)c1. The van der Waals surface area contributed by atoms with Gasteiger partial charge in [0.2, 0.25) is 0 Å². The van der Waals surface area contributed by atoms with Gasteiger partial charge in [-0.2, -0.15) is 0 Å². The van der Waals surface area contributed by atoms with Crippen LogP contribution in [-0.2, 0) is 6.42 Å². The Bertz CT molecular complexity index is 1010. The van der Waals surface area contributed by atoms with Crippen molar-refractivity contribution in [3.63, 3.8) is 0 Å². The van der Waals surface area contributed by atoms with Crippen molar-refractivity contribution in [1.29, 1.82) is 0 Å². The predicted molar refractivity (Wildman–Crippen MR) is 111 cm³/mol. The summed E-state index contributed by atoms with van der Waals surface area (Å²) in [5.41, 5.74) is 3.84. The van der Waals surface area contributed by atoms with Crippen LogP contribution in [0.15, 0.2) is 48.7 Å². The molecule has 2 heterocycles. The van der Waals surface area contributed by atoms with Crippen LogP contribution >= 0.6 is 0 Å². The van der Waals surface area contributed by atoms with E-state index in [-0.39, 0.29) is 11.7 Å². The van der Waals surface area contributed by atoms with Crippen molar-refractivity contribution in [3.05, 3.63) is 65.6 Å². The monoisotopic (exact) mass is 377 g/mol. The molecule has 1 aliphatic heterocycles. The van der Waals surface area contributed by atoms with E-state index < -0.39 is 0 Å². The second-order valence-electron chi connectivity index (χ2n) is 7.24. The van der Waals surface area contributed by atoms with Gasteiger partial charge in [-0.1, -0.05) is 19.1 Å². The van der Waals surface area contributed by atoms with Crippen LogP contribution in [0.3, 0.4) is 0 Å². The van der Waals surface area contributed by atoms with Gasteiger partial charge in [-0.15, -0.1) is 0 Å². The standard InChI is InChI=1S/C23H24FN3O/c1-2-16-7-6-8-18(13-16)26-22-19-14-17(24)9-10-21(19)25-15-20(22)23(28)27-11-4-3-5-12-27/h6-10,13-15H,2-5,11-12H2,1H3,(H,25,26). The fraction of sp³-hybridized carbons (Fsp3) is 0.304. The number of piperidine rings is 1. The minimum Gasteiger partial charge on any atom is -0.354 e. The molecule has 3 aromatic rings. The van der Waals surface area contributed by atoms with Crippen LogP contribution < -0.4 is 5.32 Å². The quantitative estimate of drug-likeness (QED) is 0.670. The van der Waals surface area contributed by atoms with E-state index in [1.807, 2.05) is 17.0 Å². The van der Waals surface area contributed by atoms with Crippen LogP contribution in [0.1, 0.15) is 42.1 Å². The topological polar surface area (TPSA) is 45.2 Å². The Kier molecular flexibility index (Phi) is 5.24. The van der Waals surface area contributed by atoms with E-state index >= 15 is 0 Å². The number of carbonyl (C=O) groups is 1. The van der Waals surface area contributed by atoms with Crippen molar-refractivity contribution in [2.75, 3.05) is 18.4 Å². The molecular weight excluding hydrogens is 353 g/mol. The van der Waals surface area contributed by atoms with Crippen LogP contribution in [0.2, 0.25) is 0 Å². The van der Waals surface area contributed by atoms with Crippen molar-refractivity contribution in [2.45, 2.75) is 32.6 Å². The third-order valence-electron chi connectivity index (χ3n) is 5.31. The number of nitrogens with one attached hydrogen (secondary N) is 1. The average Bonchev–Trinajstić information content (AvgIpc) is 2.74. The number of nitrogens with zero attached hydrogens (tertiary/aromatic N) is 2. The molecule has 1 saturated heterocycles. The Morgan fingerprint density at radius 3 is 2.75 bits per heavy atom. The molecule has 1 N–H and O–H groups in total. The van der Waals surface area contributed by atoms with E-state index in [1.54, 1.807) is 12.3 Å². The lowest BCUT2D eigenvalue weighted by Crippen LogP contribution is -2.36. The Morgan fingerprint density at radius 2 is 1.96 bits per heavy atom. The first-order valence-corrected chi connectivity index (χ1v) is 9.89. The maximum atomic E-state index is 14.0. The number of benzene rings is 2. The summed E-state index contributed by atoms with van der Waals surface area (Å²) < 4.78 is 14.0. The van der Waals surface area contributed by atoms with Gasteiger partial charge in [0.15, 0.2) is 0 Å². The van der Waals surface area contributed by atoms with E-state index in [0.29, 0.717) is 22.2 Å². The lowest BCUT2D eigenvalue weighted by molar-refractivity contribution is 0.0725. The first-order chi connectivity index (χ1) is 13.7. The number of aromatic nitrogens is 1. The molecule has 0 unspecified atom stereocenters. The summed E-state index contributed by atoms with van der Waals surface area (Å²) in [6.45, 7) is 3.61. The highest BCUT2D eigenvalue weighted by Crippen LogP contribution is 2.31. The zero-order valence-corrected chi connectivity index (χ0v) is 16.0. The Labute approximate surface area is 164 Å². The number of anilines is 2. The van der Waals surface area contributed by atoms with Gasteiger partial charge in [0.1, 0.15) is 5.82 Å². The predicted octanol–water partition coefficient (Wildman–Crippen LogP) is 5.31. The van der Waals surface area contributed by atoms with Crippen molar-refractivity contribution in [1.82, 2.24) is 9.88 Å². The molecule has 2 aromatic carbocycles. The molecule has 144 valence electrons. The third kappa shape index (κ3) is 3.70. The first-order valence-electron chi connectivity index (χ1n) is 9.89. The number of hydrogen-bond donors (Lipinski definition) is 1. The third-order valence-corrected chi connectivity index (χ3v) is 5.31. The number of amides is 1. The van der Waals surface area contributed by atoms with Crippen molar-refractivity contribution in [2.24, 2.45) is 0 Å². The van der Waals surface area contributed by atoms with Crippen LogP contribution in [0.5, 0.6) is 0 Å². The number of aryl methyl sites for hydroxylation is 1. The first kappa shape index (κ1) is 18.4. The maximum absolute atomic E-state index is 14.0. The zero-order valence-electron chi connectivity index (χ0n) is 16.0. The Morgan fingerprint density at radius 1 is 1.14 bits per heavy atom. The number of pyridine rings is 1. The maximum Gasteiger partial charge on any atom is 0.257 e. The fourth-order valence-electron chi connectivity index (χ4n) is 3.74. The zero-order chi connectivity index (χ0) is 19.5. The van der Waals surface area contributed by atoms with Gasteiger partial charge in [-0.05, 0) is 61.6 Å². The normalized spacial score (nSPS) is 14.3. The Balaban J connectivity index is 1.82. The van der Waals surface area contributed by atoms with Gasteiger partial charge < -0.3 is 10.2 Å². The number of carbonyl (C=O) groups excluding carboxylic acids is 1. The lowest BCUT2D eigenvalue weighted by atomic mass is 10.0. The summed E-state index contributed by atoms with van der Waals surface area (Å²) in [5.74, 6) is -0.394. The molecule has 28 heavy (non-hydrogen) atoms. The van der Waals surface area contributed by atoms with Gasteiger partial charge in [0.05, 0.1) is 16.8 Å². The highest BCUT2D eigenvalue weighted by molar-refractivity contribution is 6.08. The summed E-state index contributed by atoms with van der Waals surface area (Å²) in [4.78, 5) is 19.5. The molecule has 0 bridgehead atoms. The summed E-state index contributed by atoms with van der Waals surface area (Å²) >= 11 is 0. The van der Waals surface area contributed by atoms with Crippen LogP contribution in [0.25, 0.3) is 10.9 Å². The molecule has 5 heteroatoms. The molecule has 1 amide bonds. The average molecular weight is 377 g/mol. The van der Waals surface area contributed by atoms with Crippen LogP contribution in [0, 0.1) is 5.82 Å². The summed E-state index contributed by atoms with van der Waals surface area (Å²) in [6.07, 6.45) is 5.72. The molecule has 1 fully saturated rings. The van der Waals surface area contributed by atoms with E-state index in [0.717, 1.165) is 44.5 Å². The number of halogens is 1. The van der Waals surface area contributed by atoms with Gasteiger partial charge in [0.25, 0.3) is 5.91 Å². The second-order valence-corrected chi connectivity index (χ2v) is 7.24. The molecule has 0 spiro atoms. The smallest absolute Gasteiger partial charge is 0.257 e. The molecule has 0 saturated carbocycles. The van der Waals surface area contributed by atoms with Gasteiger partial charge in [-0.25, -0.2) is 4.39 Å². The highest BCUT2D eigenvalue weighted by atomic mass is 19.1. The van der Waals surface area contributed by atoms with E-state index in [9.17, 15) is 9.18 Å². The van der Waals surface area contributed by atoms with E-state index in [1.165, 1.54) is 17.7 Å². The van der Waals surface area contributed by atoms with Crippen molar-refractivity contribution < 1.29 is 9.18 Å². The summed E-state index contributed by atoms with van der Waals surface area (Å²) in [7, 11) is 0. The molecule has 1 aliphatic rings. The van der Waals surface area contributed by atoms with E-state index in [4.69, 9.17) is 0 Å². The number of hydrogen-bond acceptors (Lipinski definition) is 3. The number of fused-ring (bicyclic) bond motifs is 1. The highest BCUT2D eigenvalue weighted by Gasteiger charge is 2.23. The van der Waals surface area contributed by atoms with Gasteiger partial charge in [-0.3, -0.25) is 9.78 Å². The molecule has 0 aliphatic carbocycles. The molecule has 1 aromatic heterocycles. The summed E-state index contributed by atoms with van der Waals surface area (Å²) in [5, 5.41) is 4.00. The van der Waals surface area contributed by atoms with E-state index in [2.05, 4.69) is 29.4 Å². The molecule has 4 rings (SSSR count). The minimum atomic E-state index is -0.345. The molecule has 0 radical (unpaired) electrons. The number of rotatable bonds is 4. The van der Waals surface area contributed by atoms with Gasteiger partial charge in [0, 0.05) is 30.4 Å². The fourth-order valence-corrected chi connectivity index (χ4v) is 3.74. The second kappa shape index (κ2) is 7.97. The number of likely N-dealkylation sites (tertiary alicyclic amines) is 1. The van der Waals surface area contributed by atoms with Crippen LogP contribution in [-0.4, -0.2) is 28.9 Å².